The number of aromatic nitrogens is 2. The summed E-state index contributed by atoms with van der Waals surface area (Å²) in [5, 5.41) is 7.16. The Morgan fingerprint density at radius 2 is 2.00 bits per heavy atom. The average Bonchev–Trinajstić information content (AvgIpc) is 2.87. The minimum atomic E-state index is -0.701. The van der Waals surface area contributed by atoms with Crippen LogP contribution in [0.4, 0.5) is 10.1 Å². The molecule has 106 valence electrons. The topological polar surface area (TPSA) is 72.9 Å². The van der Waals surface area contributed by atoms with Gasteiger partial charge in [-0.05, 0) is 38.1 Å². The van der Waals surface area contributed by atoms with E-state index in [-0.39, 0.29) is 11.9 Å². The minimum Gasteiger partial charge on any atom is -0.370 e. The highest BCUT2D eigenvalue weighted by atomic mass is 19.1. The lowest BCUT2D eigenvalue weighted by Gasteiger charge is -2.15. The summed E-state index contributed by atoms with van der Waals surface area (Å²) >= 11 is 0. The van der Waals surface area contributed by atoms with Crippen molar-refractivity contribution in [2.24, 2.45) is 5.73 Å². The first kappa shape index (κ1) is 14.0. The molecule has 0 fully saturated rings. The maximum Gasteiger partial charge on any atom is 0.244 e. The van der Waals surface area contributed by atoms with Gasteiger partial charge in [0.25, 0.3) is 0 Å². The molecule has 0 spiro atoms. The number of benzene rings is 1. The van der Waals surface area contributed by atoms with Crippen molar-refractivity contribution >= 4 is 11.6 Å². The number of rotatable bonds is 5. The minimum absolute atomic E-state index is 0.197. The summed E-state index contributed by atoms with van der Waals surface area (Å²) in [4.78, 5) is 11.6. The molecule has 0 saturated heterocycles. The second kappa shape index (κ2) is 5.73. The Bertz CT molecular complexity index is 591. The molecule has 1 amide bonds. The van der Waals surface area contributed by atoms with Crippen molar-refractivity contribution in [1.82, 2.24) is 9.78 Å². The zero-order chi connectivity index (χ0) is 14.7. The number of nitrogens with one attached hydrogen (secondary N) is 1. The summed E-state index contributed by atoms with van der Waals surface area (Å²) in [6.07, 6.45) is 3.38. The molecule has 1 heterocycles. The Labute approximate surface area is 116 Å². The number of carbonyl (C=O) groups excluding carboxylic acids is 1. The molecule has 0 aliphatic heterocycles. The molecule has 0 saturated carbocycles. The van der Waals surface area contributed by atoms with E-state index in [4.69, 9.17) is 5.73 Å². The van der Waals surface area contributed by atoms with Crippen LogP contribution in [0.2, 0.25) is 0 Å². The van der Waals surface area contributed by atoms with Gasteiger partial charge in [0.1, 0.15) is 11.9 Å². The van der Waals surface area contributed by atoms with Crippen LogP contribution in [0.15, 0.2) is 36.7 Å². The standard InChI is InChI=1S/C14H17FN4O/c1-9(2)19-8-10(7-17-19)13(14(16)20)18-12-5-3-11(15)4-6-12/h3-9,13,18H,1-2H3,(H2,16,20). The first-order valence-corrected chi connectivity index (χ1v) is 6.33. The number of nitrogens with two attached hydrogens (primary N) is 1. The molecule has 2 aromatic rings. The maximum atomic E-state index is 12.9. The van der Waals surface area contributed by atoms with Crippen molar-refractivity contribution in [1.29, 1.82) is 0 Å². The molecular formula is C14H17FN4O. The predicted octanol–water partition coefficient (Wildman–Crippen LogP) is 2.24. The number of hydrogen-bond acceptors (Lipinski definition) is 3. The molecule has 2 rings (SSSR count). The van der Waals surface area contributed by atoms with Gasteiger partial charge in [0.2, 0.25) is 5.91 Å². The van der Waals surface area contributed by atoms with E-state index in [0.29, 0.717) is 11.3 Å². The van der Waals surface area contributed by atoms with E-state index in [1.807, 2.05) is 13.8 Å². The van der Waals surface area contributed by atoms with Crippen molar-refractivity contribution in [3.05, 3.63) is 48.0 Å². The molecule has 0 bridgehead atoms. The van der Waals surface area contributed by atoms with Crippen LogP contribution in [0.5, 0.6) is 0 Å². The van der Waals surface area contributed by atoms with Gasteiger partial charge in [-0.25, -0.2) is 4.39 Å². The Hall–Kier alpha value is -2.37. The quantitative estimate of drug-likeness (QED) is 0.879. The van der Waals surface area contributed by atoms with Gasteiger partial charge in [-0.2, -0.15) is 5.10 Å². The second-order valence-corrected chi connectivity index (χ2v) is 4.83. The van der Waals surface area contributed by atoms with E-state index in [0.717, 1.165) is 0 Å². The summed E-state index contributed by atoms with van der Waals surface area (Å²) < 4.78 is 14.6. The van der Waals surface area contributed by atoms with Gasteiger partial charge in [0.05, 0.1) is 6.20 Å². The number of nitrogens with zero attached hydrogens (tertiary/aromatic N) is 2. The van der Waals surface area contributed by atoms with Crippen molar-refractivity contribution in [3.63, 3.8) is 0 Å². The Balaban J connectivity index is 2.22. The van der Waals surface area contributed by atoms with Gasteiger partial charge in [-0.15, -0.1) is 0 Å². The Kier molecular flexibility index (Phi) is 4.02. The number of primary amides is 1. The van der Waals surface area contributed by atoms with Crippen molar-refractivity contribution in [2.75, 3.05) is 5.32 Å². The molecule has 0 radical (unpaired) electrons. The average molecular weight is 276 g/mol. The van der Waals surface area contributed by atoms with Crippen LogP contribution in [-0.4, -0.2) is 15.7 Å². The molecule has 1 aromatic carbocycles. The summed E-state index contributed by atoms with van der Waals surface area (Å²) in [6.45, 7) is 3.98. The number of amides is 1. The Morgan fingerprint density at radius 3 is 2.50 bits per heavy atom. The molecule has 1 aromatic heterocycles. The van der Waals surface area contributed by atoms with Crippen molar-refractivity contribution in [2.45, 2.75) is 25.9 Å². The monoisotopic (exact) mass is 276 g/mol. The number of anilines is 1. The van der Waals surface area contributed by atoms with E-state index in [1.54, 1.807) is 29.2 Å². The van der Waals surface area contributed by atoms with Crippen LogP contribution in [0, 0.1) is 5.82 Å². The van der Waals surface area contributed by atoms with Crippen molar-refractivity contribution < 1.29 is 9.18 Å². The molecule has 3 N–H and O–H groups in total. The summed E-state index contributed by atoms with van der Waals surface area (Å²) in [5.41, 5.74) is 6.71. The van der Waals surface area contributed by atoms with Gasteiger partial charge < -0.3 is 11.1 Å². The lowest BCUT2D eigenvalue weighted by Crippen LogP contribution is -2.27. The SMILES string of the molecule is CC(C)n1cc(C(Nc2ccc(F)cc2)C(N)=O)cn1. The van der Waals surface area contributed by atoms with Crippen LogP contribution in [0.1, 0.15) is 31.5 Å². The molecular weight excluding hydrogens is 259 g/mol. The van der Waals surface area contributed by atoms with Gasteiger partial charge in [-0.3, -0.25) is 9.48 Å². The van der Waals surface area contributed by atoms with Gasteiger partial charge in [-0.1, -0.05) is 0 Å². The third-order valence-electron chi connectivity index (χ3n) is 2.92. The van der Waals surface area contributed by atoms with E-state index in [9.17, 15) is 9.18 Å². The largest absolute Gasteiger partial charge is 0.370 e. The highest BCUT2D eigenvalue weighted by molar-refractivity contribution is 5.84. The molecule has 0 aliphatic rings. The smallest absolute Gasteiger partial charge is 0.244 e. The first-order chi connectivity index (χ1) is 9.47. The Morgan fingerprint density at radius 1 is 1.35 bits per heavy atom. The summed E-state index contributed by atoms with van der Waals surface area (Å²) in [5.74, 6) is -0.851. The second-order valence-electron chi connectivity index (χ2n) is 4.83. The fourth-order valence-electron chi connectivity index (χ4n) is 1.82. The third kappa shape index (κ3) is 3.14. The molecule has 1 atom stereocenters. The maximum absolute atomic E-state index is 12.9. The zero-order valence-corrected chi connectivity index (χ0v) is 11.4. The van der Waals surface area contributed by atoms with E-state index < -0.39 is 11.9 Å². The molecule has 6 heteroatoms. The highest BCUT2D eigenvalue weighted by Crippen LogP contribution is 2.20. The highest BCUT2D eigenvalue weighted by Gasteiger charge is 2.20. The number of hydrogen-bond donors (Lipinski definition) is 2. The summed E-state index contributed by atoms with van der Waals surface area (Å²) in [6, 6.07) is 5.24. The van der Waals surface area contributed by atoms with Gasteiger partial charge in [0.15, 0.2) is 0 Å². The lowest BCUT2D eigenvalue weighted by atomic mass is 10.1. The predicted molar refractivity (Wildman–Crippen MR) is 74.6 cm³/mol. The normalized spacial score (nSPS) is 12.4. The van der Waals surface area contributed by atoms with Crippen LogP contribution in [0.25, 0.3) is 0 Å². The fourth-order valence-corrected chi connectivity index (χ4v) is 1.82. The zero-order valence-electron chi connectivity index (χ0n) is 11.4. The molecule has 1 unspecified atom stereocenters. The first-order valence-electron chi connectivity index (χ1n) is 6.33. The van der Waals surface area contributed by atoms with Crippen LogP contribution < -0.4 is 11.1 Å². The van der Waals surface area contributed by atoms with Crippen LogP contribution >= 0.6 is 0 Å². The lowest BCUT2D eigenvalue weighted by molar-refractivity contribution is -0.118. The number of halogens is 1. The van der Waals surface area contributed by atoms with E-state index >= 15 is 0 Å². The van der Waals surface area contributed by atoms with E-state index in [2.05, 4.69) is 10.4 Å². The van der Waals surface area contributed by atoms with E-state index in [1.165, 1.54) is 12.1 Å². The molecule has 0 aliphatic carbocycles. The fraction of sp³-hybridized carbons (Fsp3) is 0.286. The van der Waals surface area contributed by atoms with Gasteiger partial charge in [0, 0.05) is 23.5 Å². The van der Waals surface area contributed by atoms with Crippen LogP contribution in [0.3, 0.4) is 0 Å². The summed E-state index contributed by atoms with van der Waals surface area (Å²) in [7, 11) is 0. The molecule has 20 heavy (non-hydrogen) atoms. The third-order valence-corrected chi connectivity index (χ3v) is 2.92. The molecule has 5 nitrogen and oxygen atoms in total. The van der Waals surface area contributed by atoms with Crippen LogP contribution in [-0.2, 0) is 4.79 Å². The van der Waals surface area contributed by atoms with Gasteiger partial charge >= 0.3 is 0 Å². The van der Waals surface area contributed by atoms with Crippen molar-refractivity contribution in [3.8, 4) is 0 Å². The number of carbonyl (C=O) groups is 1.